The molecule has 0 aliphatic heterocycles. The highest BCUT2D eigenvalue weighted by Crippen LogP contribution is 2.20. The molecule has 2 aromatic heterocycles. The normalized spacial score (nSPS) is 10.8. The van der Waals surface area contributed by atoms with Crippen LogP contribution in [0.15, 0.2) is 28.8 Å². The third-order valence-electron chi connectivity index (χ3n) is 3.50. The van der Waals surface area contributed by atoms with E-state index in [9.17, 15) is 4.79 Å². The lowest BCUT2D eigenvalue weighted by atomic mass is 10.1. The summed E-state index contributed by atoms with van der Waals surface area (Å²) in [6, 6.07) is 7.56. The zero-order valence-corrected chi connectivity index (χ0v) is 14.7. The fraction of sp³-hybridized carbons (Fsp3) is 0.250. The predicted octanol–water partition coefficient (Wildman–Crippen LogP) is 3.57. The van der Waals surface area contributed by atoms with Crippen LogP contribution in [0.3, 0.4) is 0 Å². The first kappa shape index (κ1) is 16.6. The van der Waals surface area contributed by atoms with Crippen molar-refractivity contribution in [1.29, 1.82) is 0 Å². The van der Waals surface area contributed by atoms with Crippen LogP contribution in [-0.4, -0.2) is 21.3 Å². The molecule has 8 heteroatoms. The van der Waals surface area contributed by atoms with Gasteiger partial charge in [0.2, 0.25) is 11.0 Å². The third kappa shape index (κ3) is 3.98. The topological polar surface area (TPSA) is 80.9 Å². The van der Waals surface area contributed by atoms with Gasteiger partial charge in [-0.15, -0.1) is 10.2 Å². The van der Waals surface area contributed by atoms with Gasteiger partial charge < -0.3 is 9.84 Å². The lowest BCUT2D eigenvalue weighted by Crippen LogP contribution is -2.15. The van der Waals surface area contributed by atoms with E-state index in [0.717, 1.165) is 21.8 Å². The smallest absolute Gasteiger partial charge is 0.230 e. The number of anilines is 1. The van der Waals surface area contributed by atoms with Crippen molar-refractivity contribution in [2.45, 2.75) is 26.7 Å². The summed E-state index contributed by atoms with van der Waals surface area (Å²) in [5.41, 5.74) is 2.62. The fourth-order valence-electron chi connectivity index (χ4n) is 2.23. The van der Waals surface area contributed by atoms with Crippen molar-refractivity contribution in [3.05, 3.63) is 56.9 Å². The van der Waals surface area contributed by atoms with Crippen molar-refractivity contribution in [2.75, 3.05) is 5.32 Å². The minimum absolute atomic E-state index is 0.168. The minimum Gasteiger partial charge on any atom is -0.361 e. The van der Waals surface area contributed by atoms with Crippen molar-refractivity contribution in [3.8, 4) is 0 Å². The van der Waals surface area contributed by atoms with Gasteiger partial charge in [0.25, 0.3) is 0 Å². The summed E-state index contributed by atoms with van der Waals surface area (Å²) >= 11 is 7.23. The number of aryl methyl sites for hydroxylation is 2. The first-order valence-electron chi connectivity index (χ1n) is 7.29. The second-order valence-electron chi connectivity index (χ2n) is 5.33. The maximum Gasteiger partial charge on any atom is 0.230 e. The highest BCUT2D eigenvalue weighted by Gasteiger charge is 2.15. The van der Waals surface area contributed by atoms with E-state index in [1.165, 1.54) is 11.3 Å². The van der Waals surface area contributed by atoms with E-state index in [1.54, 1.807) is 6.92 Å². The highest BCUT2D eigenvalue weighted by molar-refractivity contribution is 7.15. The van der Waals surface area contributed by atoms with Gasteiger partial charge in [-0.05, 0) is 31.5 Å². The number of carbonyl (C=O) groups excluding carboxylic acids is 1. The van der Waals surface area contributed by atoms with E-state index >= 15 is 0 Å². The van der Waals surface area contributed by atoms with E-state index in [4.69, 9.17) is 16.1 Å². The summed E-state index contributed by atoms with van der Waals surface area (Å²) in [5, 5.41) is 16.7. The maximum atomic E-state index is 12.1. The molecule has 3 rings (SSSR count). The number of nitrogens with zero attached hydrogens (tertiary/aromatic N) is 3. The van der Waals surface area contributed by atoms with Gasteiger partial charge in [-0.3, -0.25) is 4.79 Å². The van der Waals surface area contributed by atoms with Gasteiger partial charge in [-0.1, -0.05) is 40.2 Å². The van der Waals surface area contributed by atoms with Crippen LogP contribution in [0.5, 0.6) is 0 Å². The van der Waals surface area contributed by atoms with Crippen molar-refractivity contribution in [1.82, 2.24) is 15.4 Å². The van der Waals surface area contributed by atoms with E-state index in [-0.39, 0.29) is 12.3 Å². The fourth-order valence-corrected chi connectivity index (χ4v) is 3.15. The number of hydrogen-bond donors (Lipinski definition) is 1. The van der Waals surface area contributed by atoms with Crippen LogP contribution in [0.25, 0.3) is 0 Å². The lowest BCUT2D eigenvalue weighted by molar-refractivity contribution is -0.115. The lowest BCUT2D eigenvalue weighted by Gasteiger charge is -2.00. The first-order chi connectivity index (χ1) is 11.5. The molecule has 1 N–H and O–H groups in total. The van der Waals surface area contributed by atoms with Gasteiger partial charge in [-0.2, -0.15) is 0 Å². The van der Waals surface area contributed by atoms with Crippen molar-refractivity contribution >= 4 is 34.0 Å². The van der Waals surface area contributed by atoms with E-state index in [0.29, 0.717) is 22.3 Å². The Labute approximate surface area is 147 Å². The standard InChI is InChI=1S/C16H15ClN4O2S/c1-9-13(10(2)23-21-9)8-14(22)18-16-20-19-15(24-16)7-11-3-5-12(17)6-4-11/h3-6H,7-8H2,1-2H3,(H,18,20,22). The number of rotatable bonds is 5. The van der Waals surface area contributed by atoms with Gasteiger partial charge in [0.15, 0.2) is 0 Å². The molecule has 0 unspecified atom stereocenters. The summed E-state index contributed by atoms with van der Waals surface area (Å²) in [6.45, 7) is 3.60. The third-order valence-corrected chi connectivity index (χ3v) is 4.59. The summed E-state index contributed by atoms with van der Waals surface area (Å²) in [6.07, 6.45) is 0.849. The van der Waals surface area contributed by atoms with Crippen molar-refractivity contribution < 1.29 is 9.32 Å². The van der Waals surface area contributed by atoms with E-state index < -0.39 is 0 Å². The molecular formula is C16H15ClN4O2S. The minimum atomic E-state index is -0.168. The monoisotopic (exact) mass is 362 g/mol. The number of benzene rings is 1. The molecule has 0 radical (unpaired) electrons. The largest absolute Gasteiger partial charge is 0.361 e. The molecular weight excluding hydrogens is 348 g/mol. The van der Waals surface area contributed by atoms with E-state index in [1.807, 2.05) is 31.2 Å². The Hall–Kier alpha value is -2.25. The molecule has 0 atom stereocenters. The molecule has 0 bridgehead atoms. The molecule has 6 nitrogen and oxygen atoms in total. The highest BCUT2D eigenvalue weighted by atomic mass is 35.5. The number of hydrogen-bond acceptors (Lipinski definition) is 6. The van der Waals surface area contributed by atoms with Crippen LogP contribution in [-0.2, 0) is 17.6 Å². The van der Waals surface area contributed by atoms with Crippen LogP contribution in [0.4, 0.5) is 5.13 Å². The second-order valence-corrected chi connectivity index (χ2v) is 6.83. The van der Waals surface area contributed by atoms with Crippen LogP contribution in [0.1, 0.15) is 27.6 Å². The molecule has 0 fully saturated rings. The number of nitrogens with one attached hydrogen (secondary N) is 1. The Kier molecular flexibility index (Phi) is 4.92. The summed E-state index contributed by atoms with van der Waals surface area (Å²) in [5.74, 6) is 0.488. The molecule has 1 amide bonds. The molecule has 3 aromatic rings. The predicted molar refractivity (Wildman–Crippen MR) is 92.5 cm³/mol. The van der Waals surface area contributed by atoms with Crippen LogP contribution >= 0.6 is 22.9 Å². The zero-order chi connectivity index (χ0) is 17.1. The summed E-state index contributed by atoms with van der Waals surface area (Å²) < 4.78 is 5.06. The average Bonchev–Trinajstić information content (AvgIpc) is 3.11. The molecule has 0 saturated carbocycles. The number of halogens is 1. The Morgan fingerprint density at radius 3 is 2.67 bits per heavy atom. The molecule has 0 aliphatic carbocycles. The molecule has 1 aromatic carbocycles. The SMILES string of the molecule is Cc1noc(C)c1CC(=O)Nc1nnc(Cc2ccc(Cl)cc2)s1. The quantitative estimate of drug-likeness (QED) is 0.750. The van der Waals surface area contributed by atoms with Crippen LogP contribution < -0.4 is 5.32 Å². The number of carbonyl (C=O) groups is 1. The number of aromatic nitrogens is 3. The Bertz CT molecular complexity index is 838. The molecule has 124 valence electrons. The van der Waals surface area contributed by atoms with Gasteiger partial charge >= 0.3 is 0 Å². The molecule has 24 heavy (non-hydrogen) atoms. The zero-order valence-electron chi connectivity index (χ0n) is 13.2. The van der Waals surface area contributed by atoms with Gasteiger partial charge in [0.05, 0.1) is 12.1 Å². The van der Waals surface area contributed by atoms with Crippen LogP contribution in [0, 0.1) is 13.8 Å². The Morgan fingerprint density at radius 2 is 2.00 bits per heavy atom. The van der Waals surface area contributed by atoms with Gasteiger partial charge in [0, 0.05) is 17.0 Å². The molecule has 0 spiro atoms. The van der Waals surface area contributed by atoms with Crippen molar-refractivity contribution in [2.24, 2.45) is 0 Å². The van der Waals surface area contributed by atoms with Crippen LogP contribution in [0.2, 0.25) is 5.02 Å². The van der Waals surface area contributed by atoms with E-state index in [2.05, 4.69) is 20.7 Å². The number of amides is 1. The second kappa shape index (κ2) is 7.11. The Morgan fingerprint density at radius 1 is 1.25 bits per heavy atom. The molecule has 0 aliphatic rings. The van der Waals surface area contributed by atoms with Crippen molar-refractivity contribution in [3.63, 3.8) is 0 Å². The first-order valence-corrected chi connectivity index (χ1v) is 8.49. The maximum absolute atomic E-state index is 12.1. The summed E-state index contributed by atoms with van der Waals surface area (Å²) in [7, 11) is 0. The molecule has 0 saturated heterocycles. The average molecular weight is 363 g/mol. The van der Waals surface area contributed by atoms with Gasteiger partial charge in [0.1, 0.15) is 10.8 Å². The van der Waals surface area contributed by atoms with Gasteiger partial charge in [-0.25, -0.2) is 0 Å². The Balaban J connectivity index is 1.61. The molecule has 2 heterocycles. The summed E-state index contributed by atoms with van der Waals surface area (Å²) in [4.78, 5) is 12.1.